The Hall–Kier alpha value is -1.63. The van der Waals surface area contributed by atoms with Gasteiger partial charge in [0.2, 0.25) is 0 Å². The van der Waals surface area contributed by atoms with Gasteiger partial charge in [-0.15, -0.1) is 0 Å². The summed E-state index contributed by atoms with van der Waals surface area (Å²) in [5, 5.41) is 11.9. The highest BCUT2D eigenvalue weighted by molar-refractivity contribution is 7.85. The lowest BCUT2D eigenvalue weighted by molar-refractivity contribution is 0.318. The van der Waals surface area contributed by atoms with Crippen LogP contribution in [0, 0.1) is 6.92 Å². The van der Waals surface area contributed by atoms with Gasteiger partial charge in [0.1, 0.15) is 5.82 Å². The van der Waals surface area contributed by atoms with Crippen molar-refractivity contribution in [2.75, 3.05) is 29.5 Å². The van der Waals surface area contributed by atoms with E-state index in [2.05, 4.69) is 10.1 Å². The molecule has 1 fully saturated rings. The van der Waals surface area contributed by atoms with Gasteiger partial charge in [0.15, 0.2) is 5.84 Å². The molecule has 1 aromatic rings. The molecule has 18 heavy (non-hydrogen) atoms. The molecule has 0 amide bonds. The number of anilines is 1. The maximum absolute atomic E-state index is 11.4. The smallest absolute Gasteiger partial charge is 0.174 e. The molecule has 1 saturated heterocycles. The van der Waals surface area contributed by atoms with Crippen LogP contribution < -0.4 is 10.6 Å². The largest absolute Gasteiger partial charge is 0.409 e. The van der Waals surface area contributed by atoms with Crippen LogP contribution in [0.5, 0.6) is 0 Å². The Morgan fingerprint density at radius 1 is 1.56 bits per heavy atom. The first-order valence-electron chi connectivity index (χ1n) is 5.67. The van der Waals surface area contributed by atoms with E-state index >= 15 is 0 Å². The van der Waals surface area contributed by atoms with E-state index in [9.17, 15) is 4.21 Å². The van der Waals surface area contributed by atoms with Crippen molar-refractivity contribution in [2.45, 2.75) is 6.92 Å². The van der Waals surface area contributed by atoms with Crippen LogP contribution in [0.25, 0.3) is 0 Å². The standard InChI is InChI=1S/C11H16N4O2S/c1-8-2-3-13-11(9(8)10(12)14-16)15-4-6-18(17)7-5-15/h2-3,16H,4-7H2,1H3,(H2,12,14). The third kappa shape index (κ3) is 2.45. The summed E-state index contributed by atoms with van der Waals surface area (Å²) in [6.07, 6.45) is 1.70. The Bertz CT molecular complexity index is 494. The van der Waals surface area contributed by atoms with Gasteiger partial charge in [-0.3, -0.25) is 4.21 Å². The third-order valence-electron chi connectivity index (χ3n) is 2.98. The average Bonchev–Trinajstić information content (AvgIpc) is 2.38. The molecule has 98 valence electrons. The van der Waals surface area contributed by atoms with Gasteiger partial charge in [-0.2, -0.15) is 0 Å². The van der Waals surface area contributed by atoms with E-state index < -0.39 is 10.8 Å². The Kier molecular flexibility index (Phi) is 3.81. The predicted octanol–water partition coefficient (Wildman–Crippen LogP) is 0.0532. The fourth-order valence-electron chi connectivity index (χ4n) is 2.00. The summed E-state index contributed by atoms with van der Waals surface area (Å²) in [6, 6.07) is 1.82. The first kappa shape index (κ1) is 12.8. The zero-order valence-electron chi connectivity index (χ0n) is 10.2. The summed E-state index contributed by atoms with van der Waals surface area (Å²) in [5.41, 5.74) is 7.25. The summed E-state index contributed by atoms with van der Waals surface area (Å²) >= 11 is 0. The van der Waals surface area contributed by atoms with Crippen molar-refractivity contribution < 1.29 is 9.42 Å². The zero-order chi connectivity index (χ0) is 13.1. The van der Waals surface area contributed by atoms with Gasteiger partial charge in [0.05, 0.1) is 5.56 Å². The summed E-state index contributed by atoms with van der Waals surface area (Å²) in [4.78, 5) is 6.34. The van der Waals surface area contributed by atoms with E-state index in [1.54, 1.807) is 6.20 Å². The second-order valence-electron chi connectivity index (χ2n) is 4.15. The number of amidine groups is 1. The number of rotatable bonds is 2. The number of aromatic nitrogens is 1. The topological polar surface area (TPSA) is 91.8 Å². The van der Waals surface area contributed by atoms with Crippen molar-refractivity contribution in [2.24, 2.45) is 10.9 Å². The van der Waals surface area contributed by atoms with Crippen molar-refractivity contribution >= 4 is 22.5 Å². The van der Waals surface area contributed by atoms with Crippen LogP contribution in [0.3, 0.4) is 0 Å². The van der Waals surface area contributed by atoms with Crippen LogP contribution in [0.4, 0.5) is 5.82 Å². The molecule has 0 atom stereocenters. The molecule has 0 spiro atoms. The minimum Gasteiger partial charge on any atom is -0.409 e. The molecule has 0 unspecified atom stereocenters. The number of nitrogens with two attached hydrogens (primary N) is 1. The van der Waals surface area contributed by atoms with E-state index in [0.717, 1.165) is 5.56 Å². The molecule has 7 heteroatoms. The van der Waals surface area contributed by atoms with Gasteiger partial charge in [-0.1, -0.05) is 5.16 Å². The molecule has 1 aliphatic rings. The summed E-state index contributed by atoms with van der Waals surface area (Å²) in [6.45, 7) is 3.24. The third-order valence-corrected chi connectivity index (χ3v) is 4.26. The second-order valence-corrected chi connectivity index (χ2v) is 5.84. The minimum atomic E-state index is -0.739. The molecule has 0 saturated carbocycles. The lowest BCUT2D eigenvalue weighted by Crippen LogP contribution is -2.39. The Morgan fingerprint density at radius 3 is 2.83 bits per heavy atom. The molecular weight excluding hydrogens is 252 g/mol. The summed E-state index contributed by atoms with van der Waals surface area (Å²) < 4.78 is 11.4. The molecule has 0 aliphatic carbocycles. The second kappa shape index (κ2) is 5.34. The van der Waals surface area contributed by atoms with E-state index in [0.29, 0.717) is 36.0 Å². The molecule has 3 N–H and O–H groups in total. The first-order valence-corrected chi connectivity index (χ1v) is 7.15. The average molecular weight is 268 g/mol. The van der Waals surface area contributed by atoms with Crippen molar-refractivity contribution in [1.29, 1.82) is 0 Å². The summed E-state index contributed by atoms with van der Waals surface area (Å²) in [5.74, 6) is 2.01. The highest BCUT2D eigenvalue weighted by atomic mass is 32.2. The van der Waals surface area contributed by atoms with E-state index in [1.165, 1.54) is 0 Å². The lowest BCUT2D eigenvalue weighted by atomic mass is 10.1. The van der Waals surface area contributed by atoms with Crippen LogP contribution in [0.2, 0.25) is 0 Å². The quantitative estimate of drug-likeness (QED) is 0.342. The zero-order valence-corrected chi connectivity index (χ0v) is 11.0. The van der Waals surface area contributed by atoms with Gasteiger partial charge >= 0.3 is 0 Å². The molecule has 0 aromatic carbocycles. The molecule has 1 aromatic heterocycles. The number of pyridine rings is 1. The molecule has 0 bridgehead atoms. The minimum absolute atomic E-state index is 0.0577. The van der Waals surface area contributed by atoms with Gasteiger partial charge in [-0.25, -0.2) is 4.98 Å². The lowest BCUT2D eigenvalue weighted by Gasteiger charge is -2.29. The van der Waals surface area contributed by atoms with E-state index in [1.807, 2.05) is 17.9 Å². The fraction of sp³-hybridized carbons (Fsp3) is 0.455. The highest BCUT2D eigenvalue weighted by Gasteiger charge is 2.21. The molecule has 0 radical (unpaired) electrons. The summed E-state index contributed by atoms with van der Waals surface area (Å²) in [7, 11) is -0.739. The Balaban J connectivity index is 2.38. The molecule has 6 nitrogen and oxygen atoms in total. The van der Waals surface area contributed by atoms with Crippen LogP contribution in [-0.4, -0.2) is 44.8 Å². The highest BCUT2D eigenvalue weighted by Crippen LogP contribution is 2.21. The van der Waals surface area contributed by atoms with Crippen LogP contribution >= 0.6 is 0 Å². The van der Waals surface area contributed by atoms with E-state index in [4.69, 9.17) is 10.9 Å². The van der Waals surface area contributed by atoms with Gasteiger partial charge in [-0.05, 0) is 18.6 Å². The predicted molar refractivity (Wildman–Crippen MR) is 71.6 cm³/mol. The van der Waals surface area contributed by atoms with Crippen molar-refractivity contribution in [3.8, 4) is 0 Å². The Labute approximate surface area is 108 Å². The van der Waals surface area contributed by atoms with Crippen molar-refractivity contribution in [1.82, 2.24) is 4.98 Å². The number of aryl methyl sites for hydroxylation is 1. The van der Waals surface area contributed by atoms with Crippen LogP contribution in [0.1, 0.15) is 11.1 Å². The van der Waals surface area contributed by atoms with Crippen molar-refractivity contribution in [3.63, 3.8) is 0 Å². The fourth-order valence-corrected chi connectivity index (χ4v) is 3.05. The number of hydrogen-bond acceptors (Lipinski definition) is 5. The SMILES string of the molecule is Cc1ccnc(N2CCS(=O)CC2)c1/C(N)=N/O. The monoisotopic (exact) mass is 268 g/mol. The van der Waals surface area contributed by atoms with Gasteiger partial charge in [0, 0.05) is 41.6 Å². The molecule has 2 heterocycles. The molecular formula is C11H16N4O2S. The van der Waals surface area contributed by atoms with Gasteiger partial charge < -0.3 is 15.8 Å². The maximum Gasteiger partial charge on any atom is 0.174 e. The van der Waals surface area contributed by atoms with Crippen LogP contribution in [0.15, 0.2) is 17.4 Å². The number of oxime groups is 1. The normalized spacial score (nSPS) is 18.1. The first-order chi connectivity index (χ1) is 8.63. The van der Waals surface area contributed by atoms with Crippen LogP contribution in [-0.2, 0) is 10.8 Å². The Morgan fingerprint density at radius 2 is 2.22 bits per heavy atom. The molecule has 2 rings (SSSR count). The van der Waals surface area contributed by atoms with Crippen molar-refractivity contribution in [3.05, 3.63) is 23.4 Å². The van der Waals surface area contributed by atoms with E-state index in [-0.39, 0.29) is 5.84 Å². The number of hydrogen-bond donors (Lipinski definition) is 2. The molecule has 1 aliphatic heterocycles. The van der Waals surface area contributed by atoms with Gasteiger partial charge in [0.25, 0.3) is 0 Å². The maximum atomic E-state index is 11.4. The number of nitrogens with zero attached hydrogens (tertiary/aromatic N) is 3.